The number of hydrogen-bond acceptors (Lipinski definition) is 3. The fourth-order valence-electron chi connectivity index (χ4n) is 1.25. The fourth-order valence-corrected chi connectivity index (χ4v) is 2.88. The summed E-state index contributed by atoms with van der Waals surface area (Å²) in [5, 5.41) is 0.315. The molecule has 0 radical (unpaired) electrons. The average molecular weight is 305 g/mol. The van der Waals surface area contributed by atoms with Crippen molar-refractivity contribution in [3.05, 3.63) is 58.8 Å². The smallest absolute Gasteiger partial charge is 0.176 e. The number of rotatable bonds is 3. The summed E-state index contributed by atoms with van der Waals surface area (Å²) < 4.78 is 29.9. The summed E-state index contributed by atoms with van der Waals surface area (Å²) in [6, 6.07) is 9.14. The van der Waals surface area contributed by atoms with Crippen molar-refractivity contribution in [2.45, 2.75) is 4.90 Å². The normalized spacial score (nSPS) is 11.2. The average Bonchev–Trinajstić information content (AvgIpc) is 2.33. The van der Waals surface area contributed by atoms with Crippen molar-refractivity contribution < 1.29 is 17.4 Å². The van der Waals surface area contributed by atoms with Crippen LogP contribution in [-0.2, 0) is 10.1 Å². The van der Waals surface area contributed by atoms with Gasteiger partial charge in [-0.05, 0) is 18.2 Å². The van der Waals surface area contributed by atoms with Crippen molar-refractivity contribution in [1.82, 2.24) is 0 Å². The molecule has 0 aliphatic heterocycles. The van der Waals surface area contributed by atoms with Gasteiger partial charge in [-0.1, -0.05) is 29.3 Å². The quantitative estimate of drug-likeness (QED) is 0.816. The van der Waals surface area contributed by atoms with Gasteiger partial charge in [-0.2, -0.15) is 8.42 Å². The van der Waals surface area contributed by atoms with Gasteiger partial charge in [-0.25, -0.2) is 0 Å². The van der Waals surface area contributed by atoms with Crippen molar-refractivity contribution >= 4 is 33.3 Å². The molecule has 2 rings (SSSR count). The minimum Gasteiger partial charge on any atom is -0.176 e. The molecule has 1 aromatic heterocycles. The van der Waals surface area contributed by atoms with E-state index in [1.807, 2.05) is 0 Å². The molecule has 0 amide bonds. The molecule has 0 N–H and O–H groups in total. The van der Waals surface area contributed by atoms with E-state index in [2.05, 4.69) is 0 Å². The highest BCUT2D eigenvalue weighted by Gasteiger charge is 2.25. The van der Waals surface area contributed by atoms with Crippen LogP contribution in [0.25, 0.3) is 0 Å². The topological polar surface area (TPSA) is 47.3 Å². The summed E-state index contributed by atoms with van der Waals surface area (Å²) in [7, 11) is -4.02. The Bertz CT molecular complexity index is 659. The Kier molecular flexibility index (Phi) is 3.75. The van der Waals surface area contributed by atoms with Crippen LogP contribution < -0.4 is 9.01 Å². The molecule has 0 fully saturated rings. The summed E-state index contributed by atoms with van der Waals surface area (Å²) in [4.78, 5) is -0.173. The van der Waals surface area contributed by atoms with E-state index in [9.17, 15) is 8.42 Å². The molecule has 1 aromatic carbocycles. The van der Waals surface area contributed by atoms with Gasteiger partial charge in [0.25, 0.3) is 0 Å². The molecular weight excluding hydrogens is 297 g/mol. The van der Waals surface area contributed by atoms with Crippen LogP contribution in [0.2, 0.25) is 10.0 Å². The first kappa shape index (κ1) is 13.1. The highest BCUT2D eigenvalue weighted by atomic mass is 35.5. The van der Waals surface area contributed by atoms with Crippen molar-refractivity contribution in [3.63, 3.8) is 0 Å². The van der Waals surface area contributed by atoms with Crippen LogP contribution in [0.5, 0.6) is 0 Å². The van der Waals surface area contributed by atoms with E-state index in [4.69, 9.17) is 27.5 Å². The first-order valence-electron chi connectivity index (χ1n) is 4.85. The van der Waals surface area contributed by atoms with Gasteiger partial charge in [0, 0.05) is 21.9 Å². The SMILES string of the molecule is O=S(=O)(O[n+]1ccccc1)c1cc(Cl)ccc1Cl. The molecule has 2 aromatic rings. The molecule has 0 bridgehead atoms. The predicted octanol–water partition coefficient (Wildman–Crippen LogP) is 2.10. The summed E-state index contributed by atoms with van der Waals surface area (Å²) in [5.74, 6) is 0. The molecule has 94 valence electrons. The lowest BCUT2D eigenvalue weighted by Crippen LogP contribution is -2.44. The zero-order chi connectivity index (χ0) is 13.2. The monoisotopic (exact) mass is 304 g/mol. The van der Waals surface area contributed by atoms with Crippen LogP contribution in [0.1, 0.15) is 0 Å². The lowest BCUT2D eigenvalue weighted by Gasteiger charge is -2.03. The highest BCUT2D eigenvalue weighted by molar-refractivity contribution is 7.87. The van der Waals surface area contributed by atoms with Gasteiger partial charge in [-0.15, -0.1) is 4.28 Å². The Hall–Kier alpha value is -1.30. The zero-order valence-corrected chi connectivity index (χ0v) is 11.3. The van der Waals surface area contributed by atoms with E-state index in [1.54, 1.807) is 18.2 Å². The third-order valence-electron chi connectivity index (χ3n) is 2.03. The van der Waals surface area contributed by atoms with Gasteiger partial charge in [0.1, 0.15) is 4.90 Å². The third kappa shape index (κ3) is 2.93. The number of pyridine rings is 1. The second-order valence-electron chi connectivity index (χ2n) is 3.34. The first-order valence-corrected chi connectivity index (χ1v) is 7.02. The van der Waals surface area contributed by atoms with E-state index in [-0.39, 0.29) is 14.9 Å². The summed E-state index contributed by atoms with van der Waals surface area (Å²) in [6.07, 6.45) is 2.91. The molecule has 0 aliphatic rings. The maximum Gasteiger partial charge on any atom is 0.397 e. The molecule has 18 heavy (non-hydrogen) atoms. The minimum atomic E-state index is -4.02. The van der Waals surface area contributed by atoms with Crippen LogP contribution in [0, 0.1) is 0 Å². The number of nitrogens with zero attached hydrogens (tertiary/aromatic N) is 1. The van der Waals surface area contributed by atoms with E-state index in [0.29, 0.717) is 0 Å². The Morgan fingerprint density at radius 3 is 2.39 bits per heavy atom. The summed E-state index contributed by atoms with van der Waals surface area (Å²) in [5.41, 5.74) is 0. The van der Waals surface area contributed by atoms with Crippen LogP contribution in [0.4, 0.5) is 0 Å². The van der Waals surface area contributed by atoms with Crippen LogP contribution in [0.3, 0.4) is 0 Å². The van der Waals surface area contributed by atoms with Gasteiger partial charge in [0.2, 0.25) is 12.4 Å². The lowest BCUT2D eigenvalue weighted by atomic mass is 10.4. The largest absolute Gasteiger partial charge is 0.397 e. The number of benzene rings is 1. The van der Waals surface area contributed by atoms with Crippen molar-refractivity contribution in [3.8, 4) is 0 Å². The molecule has 1 heterocycles. The van der Waals surface area contributed by atoms with Crippen LogP contribution in [-0.4, -0.2) is 8.42 Å². The van der Waals surface area contributed by atoms with Gasteiger partial charge in [0.05, 0.1) is 5.02 Å². The summed E-state index contributed by atoms with van der Waals surface area (Å²) in [6.45, 7) is 0. The molecular formula is C11H8Cl2NO3S+. The lowest BCUT2D eigenvalue weighted by molar-refractivity contribution is -0.856. The minimum absolute atomic E-state index is 0.0518. The van der Waals surface area contributed by atoms with E-state index >= 15 is 0 Å². The molecule has 0 aliphatic carbocycles. The first-order chi connectivity index (χ1) is 8.49. The van der Waals surface area contributed by atoms with Crippen molar-refractivity contribution in [1.29, 1.82) is 0 Å². The maximum atomic E-state index is 12.0. The van der Waals surface area contributed by atoms with E-state index in [0.717, 1.165) is 4.73 Å². The Balaban J connectivity index is 2.40. The van der Waals surface area contributed by atoms with Crippen LogP contribution >= 0.6 is 23.2 Å². The molecule has 7 heteroatoms. The highest BCUT2D eigenvalue weighted by Crippen LogP contribution is 2.24. The standard InChI is InChI=1S/C11H8Cl2NO3S/c12-9-4-5-10(13)11(8-9)18(15,16)17-14-6-2-1-3-7-14/h1-8H/q+1. The van der Waals surface area contributed by atoms with Gasteiger partial charge in [-0.3, -0.25) is 0 Å². The van der Waals surface area contributed by atoms with E-state index < -0.39 is 10.1 Å². The third-order valence-corrected chi connectivity index (χ3v) is 3.96. The van der Waals surface area contributed by atoms with Crippen molar-refractivity contribution in [2.24, 2.45) is 0 Å². The fraction of sp³-hybridized carbons (Fsp3) is 0. The second-order valence-corrected chi connectivity index (χ2v) is 5.68. The molecule has 0 saturated carbocycles. The zero-order valence-electron chi connectivity index (χ0n) is 8.95. The number of hydrogen-bond donors (Lipinski definition) is 0. The van der Waals surface area contributed by atoms with Crippen molar-refractivity contribution in [2.75, 3.05) is 0 Å². The van der Waals surface area contributed by atoms with Crippen LogP contribution in [0.15, 0.2) is 53.7 Å². The Morgan fingerprint density at radius 1 is 1.06 bits per heavy atom. The Morgan fingerprint density at radius 2 is 1.72 bits per heavy atom. The van der Waals surface area contributed by atoms with Gasteiger partial charge in [0.15, 0.2) is 0 Å². The molecule has 0 atom stereocenters. The second kappa shape index (κ2) is 5.14. The van der Waals surface area contributed by atoms with Gasteiger partial charge >= 0.3 is 10.1 Å². The predicted molar refractivity (Wildman–Crippen MR) is 66.9 cm³/mol. The maximum absolute atomic E-state index is 12.0. The summed E-state index contributed by atoms with van der Waals surface area (Å²) >= 11 is 11.6. The molecule has 0 saturated heterocycles. The Labute approximate surface area is 114 Å². The van der Waals surface area contributed by atoms with Gasteiger partial charge < -0.3 is 0 Å². The number of aromatic nitrogens is 1. The molecule has 0 spiro atoms. The molecule has 0 unspecified atom stereocenters. The molecule has 4 nitrogen and oxygen atoms in total. The van der Waals surface area contributed by atoms with E-state index in [1.165, 1.54) is 30.6 Å². The number of halogens is 2.